The highest BCUT2D eigenvalue weighted by Gasteiger charge is 2.38. The predicted octanol–water partition coefficient (Wildman–Crippen LogP) is 4.04. The van der Waals surface area contributed by atoms with Gasteiger partial charge in [0.25, 0.3) is 0 Å². The van der Waals surface area contributed by atoms with Crippen LogP contribution < -0.4 is 15.4 Å². The SMILES string of the molecule is CCOc1ccccc1NC(=O)N1CCC(C)(C(=O)NCc2ccccc2)CC1. The molecule has 0 spiro atoms. The summed E-state index contributed by atoms with van der Waals surface area (Å²) in [6.07, 6.45) is 1.27. The monoisotopic (exact) mass is 395 g/mol. The van der Waals surface area contributed by atoms with Crippen LogP contribution in [0.4, 0.5) is 10.5 Å². The van der Waals surface area contributed by atoms with E-state index in [-0.39, 0.29) is 11.9 Å². The third-order valence-corrected chi connectivity index (χ3v) is 5.43. The number of urea groups is 1. The van der Waals surface area contributed by atoms with E-state index in [1.807, 2.05) is 68.4 Å². The first-order chi connectivity index (χ1) is 14.0. The maximum absolute atomic E-state index is 12.7. The molecule has 2 aromatic carbocycles. The zero-order valence-corrected chi connectivity index (χ0v) is 17.1. The summed E-state index contributed by atoms with van der Waals surface area (Å²) in [6.45, 7) is 6.02. The molecule has 2 aromatic rings. The number of hydrogen-bond donors (Lipinski definition) is 2. The van der Waals surface area contributed by atoms with Gasteiger partial charge in [0.1, 0.15) is 5.75 Å². The Labute approximate surface area is 172 Å². The summed E-state index contributed by atoms with van der Waals surface area (Å²) in [5.74, 6) is 0.702. The number of likely N-dealkylation sites (tertiary alicyclic amines) is 1. The second kappa shape index (κ2) is 9.45. The van der Waals surface area contributed by atoms with Crippen molar-refractivity contribution in [3.05, 3.63) is 60.2 Å². The van der Waals surface area contributed by atoms with Gasteiger partial charge in [0.2, 0.25) is 5.91 Å². The average Bonchev–Trinajstić information content (AvgIpc) is 2.74. The molecule has 6 heteroatoms. The minimum absolute atomic E-state index is 0.0445. The number of para-hydroxylation sites is 2. The van der Waals surface area contributed by atoms with Gasteiger partial charge in [0.15, 0.2) is 0 Å². The van der Waals surface area contributed by atoms with E-state index in [9.17, 15) is 9.59 Å². The molecule has 0 bridgehead atoms. The lowest BCUT2D eigenvalue weighted by molar-refractivity contribution is -0.132. The van der Waals surface area contributed by atoms with Gasteiger partial charge in [0.05, 0.1) is 12.3 Å². The molecule has 0 atom stereocenters. The number of anilines is 1. The first-order valence-corrected chi connectivity index (χ1v) is 10.1. The van der Waals surface area contributed by atoms with Crippen molar-refractivity contribution in [3.63, 3.8) is 0 Å². The van der Waals surface area contributed by atoms with Gasteiger partial charge in [-0.1, -0.05) is 49.4 Å². The Hall–Kier alpha value is -3.02. The summed E-state index contributed by atoms with van der Waals surface area (Å²) in [4.78, 5) is 27.2. The van der Waals surface area contributed by atoms with E-state index in [0.717, 1.165) is 5.56 Å². The minimum atomic E-state index is -0.464. The maximum atomic E-state index is 12.7. The average molecular weight is 396 g/mol. The van der Waals surface area contributed by atoms with Crippen LogP contribution in [0, 0.1) is 5.41 Å². The molecule has 0 saturated carbocycles. The number of ether oxygens (including phenoxy) is 1. The lowest BCUT2D eigenvalue weighted by atomic mass is 9.79. The van der Waals surface area contributed by atoms with Gasteiger partial charge in [-0.2, -0.15) is 0 Å². The van der Waals surface area contributed by atoms with Crippen molar-refractivity contribution < 1.29 is 14.3 Å². The molecule has 1 saturated heterocycles. The first-order valence-electron chi connectivity index (χ1n) is 10.1. The molecule has 1 heterocycles. The fourth-order valence-electron chi connectivity index (χ4n) is 3.47. The van der Waals surface area contributed by atoms with Crippen molar-refractivity contribution in [2.45, 2.75) is 33.2 Å². The Morgan fingerprint density at radius 3 is 2.38 bits per heavy atom. The first kappa shape index (κ1) is 20.7. The molecule has 0 unspecified atom stereocenters. The third-order valence-electron chi connectivity index (χ3n) is 5.43. The van der Waals surface area contributed by atoms with Crippen LogP contribution in [-0.4, -0.2) is 36.5 Å². The molecular weight excluding hydrogens is 366 g/mol. The second-order valence-corrected chi connectivity index (χ2v) is 7.58. The quantitative estimate of drug-likeness (QED) is 0.776. The van der Waals surface area contributed by atoms with E-state index in [1.54, 1.807) is 4.90 Å². The van der Waals surface area contributed by atoms with E-state index < -0.39 is 5.41 Å². The number of nitrogens with zero attached hydrogens (tertiary/aromatic N) is 1. The van der Waals surface area contributed by atoms with Crippen molar-refractivity contribution >= 4 is 17.6 Å². The van der Waals surface area contributed by atoms with Crippen molar-refractivity contribution in [2.75, 3.05) is 25.0 Å². The largest absolute Gasteiger partial charge is 0.492 e. The van der Waals surface area contributed by atoms with Gasteiger partial charge >= 0.3 is 6.03 Å². The van der Waals surface area contributed by atoms with E-state index in [1.165, 1.54) is 0 Å². The molecule has 1 aliphatic heterocycles. The Kier molecular flexibility index (Phi) is 6.75. The standard InChI is InChI=1S/C23H29N3O3/c1-3-29-20-12-8-7-11-19(20)25-22(28)26-15-13-23(2,14-16-26)21(27)24-17-18-9-5-4-6-10-18/h4-12H,3,13-17H2,1-2H3,(H,24,27)(H,25,28). The van der Waals surface area contributed by atoms with Gasteiger partial charge in [-0.25, -0.2) is 4.79 Å². The Morgan fingerprint density at radius 2 is 1.69 bits per heavy atom. The fraction of sp³-hybridized carbons (Fsp3) is 0.391. The summed E-state index contributed by atoms with van der Waals surface area (Å²) in [7, 11) is 0. The van der Waals surface area contributed by atoms with E-state index in [4.69, 9.17) is 4.74 Å². The van der Waals surface area contributed by atoms with Crippen LogP contribution in [0.3, 0.4) is 0 Å². The van der Waals surface area contributed by atoms with Crippen molar-refractivity contribution in [2.24, 2.45) is 5.41 Å². The van der Waals surface area contributed by atoms with Crippen LogP contribution in [0.1, 0.15) is 32.3 Å². The van der Waals surface area contributed by atoms with Crippen LogP contribution in [-0.2, 0) is 11.3 Å². The van der Waals surface area contributed by atoms with E-state index >= 15 is 0 Å². The highest BCUT2D eigenvalue weighted by molar-refractivity contribution is 5.91. The molecule has 3 rings (SSSR count). The third kappa shape index (κ3) is 5.28. The van der Waals surface area contributed by atoms with Crippen molar-refractivity contribution in [1.29, 1.82) is 0 Å². The molecule has 1 fully saturated rings. The summed E-state index contributed by atoms with van der Waals surface area (Å²) in [6, 6.07) is 17.1. The summed E-state index contributed by atoms with van der Waals surface area (Å²) in [5.41, 5.74) is 1.27. The molecule has 154 valence electrons. The zero-order valence-electron chi connectivity index (χ0n) is 17.1. The molecule has 2 N–H and O–H groups in total. The van der Waals surface area contributed by atoms with Crippen LogP contribution >= 0.6 is 0 Å². The van der Waals surface area contributed by atoms with E-state index in [0.29, 0.717) is 50.5 Å². The normalized spacial score (nSPS) is 15.4. The molecule has 6 nitrogen and oxygen atoms in total. The lowest BCUT2D eigenvalue weighted by Gasteiger charge is -2.38. The van der Waals surface area contributed by atoms with Gasteiger partial charge in [0, 0.05) is 25.0 Å². The topological polar surface area (TPSA) is 70.7 Å². The molecule has 1 aliphatic rings. The molecule has 3 amide bonds. The number of carbonyl (C=O) groups excluding carboxylic acids is 2. The molecular formula is C23H29N3O3. The smallest absolute Gasteiger partial charge is 0.321 e. The number of rotatable bonds is 6. The number of hydrogen-bond acceptors (Lipinski definition) is 3. The van der Waals surface area contributed by atoms with E-state index in [2.05, 4.69) is 10.6 Å². The minimum Gasteiger partial charge on any atom is -0.492 e. The van der Waals surface area contributed by atoms with Crippen LogP contribution in [0.2, 0.25) is 0 Å². The number of piperidine rings is 1. The number of nitrogens with one attached hydrogen (secondary N) is 2. The number of benzene rings is 2. The highest BCUT2D eigenvalue weighted by Crippen LogP contribution is 2.32. The van der Waals surface area contributed by atoms with Gasteiger partial charge in [-0.15, -0.1) is 0 Å². The molecule has 0 radical (unpaired) electrons. The zero-order chi connectivity index (χ0) is 20.7. The fourth-order valence-corrected chi connectivity index (χ4v) is 3.47. The Balaban J connectivity index is 1.52. The maximum Gasteiger partial charge on any atom is 0.321 e. The molecule has 0 aliphatic carbocycles. The summed E-state index contributed by atoms with van der Waals surface area (Å²) < 4.78 is 5.57. The van der Waals surface area contributed by atoms with Gasteiger partial charge in [-0.3, -0.25) is 4.79 Å². The second-order valence-electron chi connectivity index (χ2n) is 7.58. The molecule has 0 aromatic heterocycles. The Bertz CT molecular complexity index is 830. The summed E-state index contributed by atoms with van der Waals surface area (Å²) in [5, 5.41) is 5.97. The van der Waals surface area contributed by atoms with Gasteiger partial charge < -0.3 is 20.3 Å². The number of carbonyl (C=O) groups is 2. The molecule has 29 heavy (non-hydrogen) atoms. The Morgan fingerprint density at radius 1 is 1.03 bits per heavy atom. The predicted molar refractivity (Wildman–Crippen MR) is 114 cm³/mol. The van der Waals surface area contributed by atoms with Gasteiger partial charge in [-0.05, 0) is 37.5 Å². The van der Waals surface area contributed by atoms with Crippen LogP contribution in [0.15, 0.2) is 54.6 Å². The lowest BCUT2D eigenvalue weighted by Crippen LogP contribution is -2.49. The highest BCUT2D eigenvalue weighted by atomic mass is 16.5. The van der Waals surface area contributed by atoms with Crippen molar-refractivity contribution in [1.82, 2.24) is 10.2 Å². The van der Waals surface area contributed by atoms with Crippen LogP contribution in [0.25, 0.3) is 0 Å². The summed E-state index contributed by atoms with van der Waals surface area (Å²) >= 11 is 0. The van der Waals surface area contributed by atoms with Crippen LogP contribution in [0.5, 0.6) is 5.75 Å². The number of amides is 3. The van der Waals surface area contributed by atoms with Crippen molar-refractivity contribution in [3.8, 4) is 5.75 Å².